The summed E-state index contributed by atoms with van der Waals surface area (Å²) < 4.78 is 11.6. The molecule has 0 aromatic heterocycles. The third kappa shape index (κ3) is 3.91. The van der Waals surface area contributed by atoms with Gasteiger partial charge in [0, 0.05) is 38.3 Å². The monoisotopic (exact) mass is 271 g/mol. The van der Waals surface area contributed by atoms with Gasteiger partial charge in [0.05, 0.1) is 17.8 Å². The highest BCUT2D eigenvalue weighted by molar-refractivity contribution is 4.93. The molecule has 2 aliphatic rings. The van der Waals surface area contributed by atoms with Crippen LogP contribution in [0, 0.1) is 5.41 Å². The molecule has 4 heteroatoms. The van der Waals surface area contributed by atoms with E-state index in [1.54, 1.807) is 0 Å². The van der Waals surface area contributed by atoms with Crippen LogP contribution >= 0.6 is 0 Å². The predicted octanol–water partition coefficient (Wildman–Crippen LogP) is 1.66. The zero-order chi connectivity index (χ0) is 14.1. The fourth-order valence-electron chi connectivity index (χ4n) is 3.70. The Morgan fingerprint density at radius 2 is 1.53 bits per heavy atom. The maximum absolute atomic E-state index is 9.82. The molecule has 0 spiro atoms. The van der Waals surface area contributed by atoms with Gasteiger partial charge < -0.3 is 14.6 Å². The highest BCUT2D eigenvalue weighted by Crippen LogP contribution is 2.35. The van der Waals surface area contributed by atoms with Crippen LogP contribution in [0.2, 0.25) is 0 Å². The molecule has 0 saturated carbocycles. The molecule has 2 fully saturated rings. The summed E-state index contributed by atoms with van der Waals surface area (Å²) in [6.45, 7) is 13.2. The third-order valence-electron chi connectivity index (χ3n) is 4.21. The Hall–Kier alpha value is -0.160. The van der Waals surface area contributed by atoms with E-state index in [4.69, 9.17) is 9.47 Å². The lowest BCUT2D eigenvalue weighted by Gasteiger charge is -2.50. The summed E-state index contributed by atoms with van der Waals surface area (Å²) in [6, 6.07) is 0. The molecular formula is C15H29NO3. The Morgan fingerprint density at radius 1 is 1.00 bits per heavy atom. The molecule has 112 valence electrons. The first kappa shape index (κ1) is 15.2. The van der Waals surface area contributed by atoms with Crippen molar-refractivity contribution < 1.29 is 14.6 Å². The Kier molecular flexibility index (Phi) is 4.26. The number of aliphatic hydroxyl groups excluding tert-OH is 1. The SMILES string of the molecule is CC1(C)CN(CC2(CO)CCOCC2)CC(C)(C)O1. The van der Waals surface area contributed by atoms with E-state index >= 15 is 0 Å². The quantitative estimate of drug-likeness (QED) is 0.848. The molecule has 0 aliphatic carbocycles. The second kappa shape index (κ2) is 5.32. The summed E-state index contributed by atoms with van der Waals surface area (Å²) in [7, 11) is 0. The predicted molar refractivity (Wildman–Crippen MR) is 75.3 cm³/mol. The van der Waals surface area contributed by atoms with E-state index in [1.165, 1.54) is 0 Å². The number of rotatable bonds is 3. The zero-order valence-electron chi connectivity index (χ0n) is 12.9. The number of hydrogen-bond donors (Lipinski definition) is 1. The Bertz CT molecular complexity index is 293. The number of morpholine rings is 1. The number of aliphatic hydroxyl groups is 1. The van der Waals surface area contributed by atoms with Gasteiger partial charge in [-0.15, -0.1) is 0 Å². The molecule has 0 atom stereocenters. The fourth-order valence-corrected chi connectivity index (χ4v) is 3.70. The van der Waals surface area contributed by atoms with Gasteiger partial charge in [-0.05, 0) is 40.5 Å². The van der Waals surface area contributed by atoms with E-state index in [1.807, 2.05) is 0 Å². The highest BCUT2D eigenvalue weighted by atomic mass is 16.5. The van der Waals surface area contributed by atoms with Crippen LogP contribution in [0.25, 0.3) is 0 Å². The second-order valence-corrected chi connectivity index (χ2v) is 7.54. The van der Waals surface area contributed by atoms with Crippen molar-refractivity contribution in [2.75, 3.05) is 39.5 Å². The maximum Gasteiger partial charge on any atom is 0.0760 e. The Balaban J connectivity index is 2.04. The molecule has 1 N–H and O–H groups in total. The molecule has 4 nitrogen and oxygen atoms in total. The van der Waals surface area contributed by atoms with Crippen LogP contribution in [0.5, 0.6) is 0 Å². The van der Waals surface area contributed by atoms with Gasteiger partial charge in [-0.3, -0.25) is 4.90 Å². The van der Waals surface area contributed by atoms with E-state index in [9.17, 15) is 5.11 Å². The van der Waals surface area contributed by atoms with Gasteiger partial charge in [0.2, 0.25) is 0 Å². The summed E-state index contributed by atoms with van der Waals surface area (Å²) in [5.74, 6) is 0. The smallest absolute Gasteiger partial charge is 0.0760 e. The summed E-state index contributed by atoms with van der Waals surface area (Å²) in [4.78, 5) is 2.46. The molecule has 0 radical (unpaired) electrons. The average Bonchev–Trinajstić information content (AvgIpc) is 2.25. The molecule has 2 rings (SSSR count). The minimum Gasteiger partial charge on any atom is -0.396 e. The summed E-state index contributed by atoms with van der Waals surface area (Å²) >= 11 is 0. The van der Waals surface area contributed by atoms with Crippen molar-refractivity contribution in [3.05, 3.63) is 0 Å². The topological polar surface area (TPSA) is 41.9 Å². The van der Waals surface area contributed by atoms with Crippen molar-refractivity contribution in [1.82, 2.24) is 4.90 Å². The van der Waals surface area contributed by atoms with Crippen LogP contribution in [-0.4, -0.2) is 60.7 Å². The van der Waals surface area contributed by atoms with Crippen LogP contribution in [0.4, 0.5) is 0 Å². The molecule has 2 heterocycles. The van der Waals surface area contributed by atoms with Crippen molar-refractivity contribution in [3.63, 3.8) is 0 Å². The van der Waals surface area contributed by atoms with Gasteiger partial charge >= 0.3 is 0 Å². The van der Waals surface area contributed by atoms with Crippen molar-refractivity contribution in [2.45, 2.75) is 51.7 Å². The van der Waals surface area contributed by atoms with Crippen molar-refractivity contribution in [2.24, 2.45) is 5.41 Å². The largest absolute Gasteiger partial charge is 0.396 e. The molecule has 0 amide bonds. The molecule has 2 aliphatic heterocycles. The Morgan fingerprint density at radius 3 is 2.00 bits per heavy atom. The van der Waals surface area contributed by atoms with Crippen LogP contribution in [0.15, 0.2) is 0 Å². The lowest BCUT2D eigenvalue weighted by atomic mass is 9.80. The van der Waals surface area contributed by atoms with Gasteiger partial charge in [-0.25, -0.2) is 0 Å². The van der Waals surface area contributed by atoms with Crippen molar-refractivity contribution in [3.8, 4) is 0 Å². The lowest BCUT2D eigenvalue weighted by Crippen LogP contribution is -2.59. The number of ether oxygens (including phenoxy) is 2. The van der Waals surface area contributed by atoms with Crippen LogP contribution in [0.1, 0.15) is 40.5 Å². The first-order valence-electron chi connectivity index (χ1n) is 7.37. The minimum atomic E-state index is -0.121. The average molecular weight is 271 g/mol. The molecule has 2 saturated heterocycles. The van der Waals surface area contributed by atoms with Crippen molar-refractivity contribution in [1.29, 1.82) is 0 Å². The molecule has 19 heavy (non-hydrogen) atoms. The van der Waals surface area contributed by atoms with Crippen molar-refractivity contribution >= 4 is 0 Å². The van der Waals surface area contributed by atoms with E-state index in [-0.39, 0.29) is 23.2 Å². The molecule has 0 aromatic carbocycles. The van der Waals surface area contributed by atoms with Gasteiger partial charge in [0.15, 0.2) is 0 Å². The first-order valence-corrected chi connectivity index (χ1v) is 7.37. The van der Waals surface area contributed by atoms with Crippen LogP contribution in [-0.2, 0) is 9.47 Å². The highest BCUT2D eigenvalue weighted by Gasteiger charge is 2.42. The standard InChI is InChI=1S/C15H29NO3/c1-13(2)9-16(10-14(3,4)19-13)11-15(12-17)5-7-18-8-6-15/h17H,5-12H2,1-4H3. The fraction of sp³-hybridized carbons (Fsp3) is 1.00. The van der Waals surface area contributed by atoms with E-state index in [0.29, 0.717) is 0 Å². The van der Waals surface area contributed by atoms with Gasteiger partial charge in [0.1, 0.15) is 0 Å². The molecule has 0 unspecified atom stereocenters. The number of hydrogen-bond acceptors (Lipinski definition) is 4. The maximum atomic E-state index is 9.82. The number of nitrogens with zero attached hydrogens (tertiary/aromatic N) is 1. The third-order valence-corrected chi connectivity index (χ3v) is 4.21. The normalized spacial score (nSPS) is 30.2. The van der Waals surface area contributed by atoms with E-state index in [2.05, 4.69) is 32.6 Å². The van der Waals surface area contributed by atoms with Gasteiger partial charge in [-0.1, -0.05) is 0 Å². The molecular weight excluding hydrogens is 242 g/mol. The van der Waals surface area contributed by atoms with E-state index < -0.39 is 0 Å². The first-order chi connectivity index (χ1) is 8.76. The molecule has 0 aromatic rings. The van der Waals surface area contributed by atoms with Crippen LogP contribution < -0.4 is 0 Å². The summed E-state index contributed by atoms with van der Waals surface area (Å²) in [6.07, 6.45) is 1.92. The Labute approximate surface area is 117 Å². The minimum absolute atomic E-state index is 0.0156. The summed E-state index contributed by atoms with van der Waals surface area (Å²) in [5.41, 5.74) is -0.227. The second-order valence-electron chi connectivity index (χ2n) is 7.54. The van der Waals surface area contributed by atoms with Gasteiger partial charge in [-0.2, -0.15) is 0 Å². The summed E-state index contributed by atoms with van der Waals surface area (Å²) in [5, 5.41) is 9.82. The molecule has 0 bridgehead atoms. The van der Waals surface area contributed by atoms with Crippen LogP contribution in [0.3, 0.4) is 0 Å². The van der Waals surface area contributed by atoms with Gasteiger partial charge in [0.25, 0.3) is 0 Å². The lowest BCUT2D eigenvalue weighted by molar-refractivity contribution is -0.188. The van der Waals surface area contributed by atoms with E-state index in [0.717, 1.165) is 45.7 Å². The zero-order valence-corrected chi connectivity index (χ0v) is 12.9.